The first-order valence-corrected chi connectivity index (χ1v) is 5.37. The molecule has 70 valence electrons. The lowest BCUT2D eigenvalue weighted by atomic mass is 10.2. The fourth-order valence-electron chi connectivity index (χ4n) is 1.23. The zero-order chi connectivity index (χ0) is 9.47. The number of nitrogens with two attached hydrogens (primary N) is 1. The molecule has 0 aliphatic carbocycles. The SMILES string of the molecule is NS(=O)(=O)c1ccccc1[C@@H]1CO1. The third-order valence-electron chi connectivity index (χ3n) is 1.91. The molecule has 13 heavy (non-hydrogen) atoms. The molecular formula is C8H9NO3S. The van der Waals surface area contributed by atoms with Crippen LogP contribution in [0.1, 0.15) is 11.7 Å². The average molecular weight is 199 g/mol. The van der Waals surface area contributed by atoms with Crippen LogP contribution in [-0.2, 0) is 14.8 Å². The van der Waals surface area contributed by atoms with Crippen molar-refractivity contribution in [3.8, 4) is 0 Å². The molecule has 0 saturated carbocycles. The Bertz CT molecular complexity index is 423. The van der Waals surface area contributed by atoms with Crippen molar-refractivity contribution in [2.24, 2.45) is 5.14 Å². The molecule has 1 heterocycles. The van der Waals surface area contributed by atoms with Crippen LogP contribution in [0.25, 0.3) is 0 Å². The van der Waals surface area contributed by atoms with Crippen molar-refractivity contribution in [3.05, 3.63) is 29.8 Å². The van der Waals surface area contributed by atoms with E-state index < -0.39 is 10.0 Å². The summed E-state index contributed by atoms with van der Waals surface area (Å²) in [5.41, 5.74) is 0.657. The first-order valence-electron chi connectivity index (χ1n) is 3.82. The minimum absolute atomic E-state index is 0.0884. The van der Waals surface area contributed by atoms with E-state index in [9.17, 15) is 8.42 Å². The third kappa shape index (κ3) is 1.72. The van der Waals surface area contributed by atoms with Crippen LogP contribution in [0.2, 0.25) is 0 Å². The second-order valence-corrected chi connectivity index (χ2v) is 4.43. The molecular weight excluding hydrogens is 190 g/mol. The number of epoxide rings is 1. The summed E-state index contributed by atoms with van der Waals surface area (Å²) in [5, 5.41) is 5.04. The van der Waals surface area contributed by atoms with Crippen molar-refractivity contribution in [1.82, 2.24) is 0 Å². The van der Waals surface area contributed by atoms with Gasteiger partial charge in [-0.3, -0.25) is 0 Å². The van der Waals surface area contributed by atoms with Gasteiger partial charge >= 0.3 is 0 Å². The number of hydrogen-bond donors (Lipinski definition) is 1. The Morgan fingerprint density at radius 2 is 2.00 bits per heavy atom. The van der Waals surface area contributed by atoms with Crippen molar-refractivity contribution < 1.29 is 13.2 Å². The maximum Gasteiger partial charge on any atom is 0.238 e. The van der Waals surface area contributed by atoms with Gasteiger partial charge in [-0.25, -0.2) is 13.6 Å². The molecule has 2 N–H and O–H groups in total. The molecule has 0 amide bonds. The number of benzene rings is 1. The minimum Gasteiger partial charge on any atom is -0.368 e. The van der Waals surface area contributed by atoms with Gasteiger partial charge in [-0.1, -0.05) is 18.2 Å². The van der Waals surface area contributed by atoms with E-state index in [1.807, 2.05) is 0 Å². The maximum absolute atomic E-state index is 11.1. The van der Waals surface area contributed by atoms with Crippen molar-refractivity contribution in [2.45, 2.75) is 11.0 Å². The first kappa shape index (κ1) is 8.68. The molecule has 4 nitrogen and oxygen atoms in total. The molecule has 1 fully saturated rings. The molecule has 2 rings (SSSR count). The number of hydrogen-bond acceptors (Lipinski definition) is 3. The van der Waals surface area contributed by atoms with E-state index in [4.69, 9.17) is 9.88 Å². The molecule has 1 aliphatic rings. The largest absolute Gasteiger partial charge is 0.368 e. The van der Waals surface area contributed by atoms with Crippen LogP contribution in [-0.4, -0.2) is 15.0 Å². The number of ether oxygens (including phenoxy) is 1. The zero-order valence-electron chi connectivity index (χ0n) is 6.80. The summed E-state index contributed by atoms with van der Waals surface area (Å²) in [6.07, 6.45) is -0.0884. The standard InChI is InChI=1S/C8H9NO3S/c9-13(10,11)8-4-2-1-3-6(8)7-5-12-7/h1-4,7H,5H2,(H2,9,10,11)/t7-/m0/s1. The van der Waals surface area contributed by atoms with Crippen molar-refractivity contribution in [2.75, 3.05) is 6.61 Å². The molecule has 0 spiro atoms. The molecule has 1 aromatic rings. The van der Waals surface area contributed by atoms with Gasteiger partial charge in [0.05, 0.1) is 11.5 Å². The van der Waals surface area contributed by atoms with Crippen molar-refractivity contribution in [3.63, 3.8) is 0 Å². The maximum atomic E-state index is 11.1. The summed E-state index contributed by atoms with van der Waals surface area (Å²) in [6.45, 7) is 0.576. The van der Waals surface area contributed by atoms with Gasteiger partial charge < -0.3 is 4.74 Å². The van der Waals surface area contributed by atoms with Gasteiger partial charge in [-0.15, -0.1) is 0 Å². The highest BCUT2D eigenvalue weighted by Crippen LogP contribution is 2.33. The lowest BCUT2D eigenvalue weighted by molar-refractivity contribution is 0.412. The van der Waals surface area contributed by atoms with Gasteiger partial charge in [0.25, 0.3) is 0 Å². The van der Waals surface area contributed by atoms with Gasteiger partial charge in [0.1, 0.15) is 6.10 Å². The average Bonchev–Trinajstić information content (AvgIpc) is 2.85. The van der Waals surface area contributed by atoms with E-state index in [0.29, 0.717) is 12.2 Å². The minimum atomic E-state index is -3.62. The quantitative estimate of drug-likeness (QED) is 0.701. The molecule has 1 atom stereocenters. The normalized spacial score (nSPS) is 21.5. The molecule has 1 aliphatic heterocycles. The molecule has 1 saturated heterocycles. The Morgan fingerprint density at radius 1 is 1.38 bits per heavy atom. The number of primary sulfonamides is 1. The fraction of sp³-hybridized carbons (Fsp3) is 0.250. The predicted molar refractivity (Wildman–Crippen MR) is 46.5 cm³/mol. The topological polar surface area (TPSA) is 72.7 Å². The Kier molecular flexibility index (Phi) is 1.87. The Hall–Kier alpha value is -0.910. The molecule has 5 heteroatoms. The molecule has 0 unspecified atom stereocenters. The summed E-state index contributed by atoms with van der Waals surface area (Å²) in [6, 6.07) is 6.63. The van der Waals surface area contributed by atoms with Gasteiger partial charge in [0.15, 0.2) is 0 Å². The van der Waals surface area contributed by atoms with Crippen LogP contribution >= 0.6 is 0 Å². The van der Waals surface area contributed by atoms with Gasteiger partial charge in [0.2, 0.25) is 10.0 Å². The second-order valence-electron chi connectivity index (χ2n) is 2.90. The number of sulfonamides is 1. The van der Waals surface area contributed by atoms with Gasteiger partial charge in [-0.2, -0.15) is 0 Å². The fourth-order valence-corrected chi connectivity index (χ4v) is 2.03. The summed E-state index contributed by atoms with van der Waals surface area (Å²) < 4.78 is 27.2. The monoisotopic (exact) mass is 199 g/mol. The Balaban J connectivity index is 2.55. The predicted octanol–water partition coefficient (Wildman–Crippen LogP) is 0.405. The number of rotatable bonds is 2. The van der Waals surface area contributed by atoms with Crippen LogP contribution in [0.5, 0.6) is 0 Å². The van der Waals surface area contributed by atoms with Crippen LogP contribution < -0.4 is 5.14 Å². The van der Waals surface area contributed by atoms with E-state index in [2.05, 4.69) is 0 Å². The summed E-state index contributed by atoms with van der Waals surface area (Å²) in [5.74, 6) is 0. The second kappa shape index (κ2) is 2.80. The molecule has 0 bridgehead atoms. The highest BCUT2D eigenvalue weighted by molar-refractivity contribution is 7.89. The third-order valence-corrected chi connectivity index (χ3v) is 2.89. The Morgan fingerprint density at radius 3 is 2.54 bits per heavy atom. The van der Waals surface area contributed by atoms with Crippen LogP contribution in [0.4, 0.5) is 0 Å². The van der Waals surface area contributed by atoms with Crippen molar-refractivity contribution >= 4 is 10.0 Å². The van der Waals surface area contributed by atoms with E-state index >= 15 is 0 Å². The zero-order valence-corrected chi connectivity index (χ0v) is 7.62. The van der Waals surface area contributed by atoms with E-state index in [0.717, 1.165) is 0 Å². The lowest BCUT2D eigenvalue weighted by Gasteiger charge is -2.03. The highest BCUT2D eigenvalue weighted by atomic mass is 32.2. The summed E-state index contributed by atoms with van der Waals surface area (Å²) >= 11 is 0. The van der Waals surface area contributed by atoms with E-state index in [1.165, 1.54) is 6.07 Å². The first-order chi connectivity index (χ1) is 6.09. The lowest BCUT2D eigenvalue weighted by Crippen LogP contribution is -2.14. The molecule has 1 aromatic carbocycles. The molecule has 0 aromatic heterocycles. The van der Waals surface area contributed by atoms with Crippen LogP contribution in [0, 0.1) is 0 Å². The van der Waals surface area contributed by atoms with E-state index in [1.54, 1.807) is 18.2 Å². The van der Waals surface area contributed by atoms with E-state index in [-0.39, 0.29) is 11.0 Å². The smallest absolute Gasteiger partial charge is 0.238 e. The molecule has 0 radical (unpaired) electrons. The van der Waals surface area contributed by atoms with Gasteiger partial charge in [-0.05, 0) is 6.07 Å². The summed E-state index contributed by atoms with van der Waals surface area (Å²) in [4.78, 5) is 0.164. The van der Waals surface area contributed by atoms with Gasteiger partial charge in [0, 0.05) is 5.56 Å². The summed E-state index contributed by atoms with van der Waals surface area (Å²) in [7, 11) is -3.62. The van der Waals surface area contributed by atoms with Crippen molar-refractivity contribution in [1.29, 1.82) is 0 Å². The van der Waals surface area contributed by atoms with Crippen LogP contribution in [0.15, 0.2) is 29.2 Å². The Labute approximate surface area is 76.4 Å². The highest BCUT2D eigenvalue weighted by Gasteiger charge is 2.29. The van der Waals surface area contributed by atoms with Crippen LogP contribution in [0.3, 0.4) is 0 Å².